The Bertz CT molecular complexity index is 724. The molecule has 2 aromatic rings. The first kappa shape index (κ1) is 17.6. The molecule has 1 aliphatic rings. The summed E-state index contributed by atoms with van der Waals surface area (Å²) < 4.78 is 47.6. The summed E-state index contributed by atoms with van der Waals surface area (Å²) in [6.07, 6.45) is -1.59. The van der Waals surface area contributed by atoms with Crippen molar-refractivity contribution in [1.29, 1.82) is 0 Å². The highest BCUT2D eigenvalue weighted by Crippen LogP contribution is 2.38. The van der Waals surface area contributed by atoms with Gasteiger partial charge in [0.05, 0.1) is 13.2 Å². The Kier molecular flexibility index (Phi) is 5.18. The van der Waals surface area contributed by atoms with E-state index >= 15 is 0 Å². The van der Waals surface area contributed by atoms with Crippen LogP contribution >= 0.6 is 0 Å². The molecule has 0 aromatic heterocycles. The van der Waals surface area contributed by atoms with E-state index in [2.05, 4.69) is 4.74 Å². The van der Waals surface area contributed by atoms with Crippen molar-refractivity contribution in [3.8, 4) is 22.6 Å². The van der Waals surface area contributed by atoms with Crippen LogP contribution in [0.4, 0.5) is 13.2 Å². The maximum Gasteiger partial charge on any atom is 0.573 e. The summed E-state index contributed by atoms with van der Waals surface area (Å²) in [5.41, 5.74) is 2.11. The third kappa shape index (κ3) is 4.45. The molecule has 0 amide bonds. The number of alkyl halides is 3. The Morgan fingerprint density at radius 1 is 1.04 bits per heavy atom. The molecule has 1 saturated carbocycles. The molecule has 3 nitrogen and oxygen atoms in total. The van der Waals surface area contributed by atoms with Gasteiger partial charge in [-0.3, -0.25) is 0 Å². The van der Waals surface area contributed by atoms with Gasteiger partial charge >= 0.3 is 6.36 Å². The number of ether oxygens (including phenoxy) is 2. The van der Waals surface area contributed by atoms with E-state index in [-0.39, 0.29) is 18.1 Å². The lowest BCUT2D eigenvalue weighted by atomic mass is 9.86. The molecular weight excluding hydrogens is 333 g/mol. The fourth-order valence-electron chi connectivity index (χ4n) is 2.80. The number of rotatable bonds is 6. The SMILES string of the molecule is OCc1ccccc1-c1ccc(OC(F)(F)F)c(OCC2CCC2)c1. The van der Waals surface area contributed by atoms with E-state index < -0.39 is 6.36 Å². The van der Waals surface area contributed by atoms with Crippen LogP contribution in [0, 0.1) is 5.92 Å². The largest absolute Gasteiger partial charge is 0.573 e. The maximum absolute atomic E-state index is 12.6. The molecule has 1 aliphatic carbocycles. The highest BCUT2D eigenvalue weighted by Gasteiger charge is 2.33. The van der Waals surface area contributed by atoms with Crippen molar-refractivity contribution in [3.05, 3.63) is 48.0 Å². The smallest absolute Gasteiger partial charge is 0.489 e. The molecule has 1 fully saturated rings. The predicted molar refractivity (Wildman–Crippen MR) is 87.3 cm³/mol. The van der Waals surface area contributed by atoms with Crippen molar-refractivity contribution in [3.63, 3.8) is 0 Å². The van der Waals surface area contributed by atoms with Crippen molar-refractivity contribution in [1.82, 2.24) is 0 Å². The summed E-state index contributed by atoms with van der Waals surface area (Å²) in [5.74, 6) is 0.0960. The van der Waals surface area contributed by atoms with E-state index in [9.17, 15) is 18.3 Å². The van der Waals surface area contributed by atoms with Gasteiger partial charge in [-0.05, 0) is 47.6 Å². The third-order valence-corrected chi connectivity index (χ3v) is 4.37. The molecule has 0 radical (unpaired) electrons. The molecule has 25 heavy (non-hydrogen) atoms. The van der Waals surface area contributed by atoms with E-state index in [1.54, 1.807) is 18.2 Å². The van der Waals surface area contributed by atoms with Gasteiger partial charge < -0.3 is 14.6 Å². The first-order chi connectivity index (χ1) is 12.0. The van der Waals surface area contributed by atoms with Gasteiger partial charge in [-0.25, -0.2) is 0 Å². The molecule has 0 saturated heterocycles. The van der Waals surface area contributed by atoms with Crippen LogP contribution in [0.2, 0.25) is 0 Å². The Hall–Kier alpha value is -2.21. The second kappa shape index (κ2) is 7.35. The summed E-state index contributed by atoms with van der Waals surface area (Å²) >= 11 is 0. The van der Waals surface area contributed by atoms with E-state index in [1.165, 1.54) is 18.2 Å². The summed E-state index contributed by atoms with van der Waals surface area (Å²) in [6, 6.07) is 11.5. The van der Waals surface area contributed by atoms with Gasteiger partial charge in [0.25, 0.3) is 0 Å². The van der Waals surface area contributed by atoms with Crippen molar-refractivity contribution >= 4 is 0 Å². The zero-order valence-electron chi connectivity index (χ0n) is 13.6. The Morgan fingerprint density at radius 3 is 2.44 bits per heavy atom. The average Bonchev–Trinajstić information content (AvgIpc) is 2.53. The lowest BCUT2D eigenvalue weighted by molar-refractivity contribution is -0.275. The Labute approximate surface area is 144 Å². The normalized spacial score (nSPS) is 14.9. The molecule has 134 valence electrons. The second-order valence-electron chi connectivity index (χ2n) is 6.13. The minimum absolute atomic E-state index is 0.0643. The van der Waals surface area contributed by atoms with E-state index in [0.717, 1.165) is 24.8 Å². The zero-order chi connectivity index (χ0) is 17.9. The molecule has 0 atom stereocenters. The molecule has 6 heteroatoms. The van der Waals surface area contributed by atoms with Gasteiger partial charge in [0, 0.05) is 0 Å². The topological polar surface area (TPSA) is 38.7 Å². The minimum atomic E-state index is -4.78. The molecule has 0 heterocycles. The lowest BCUT2D eigenvalue weighted by Gasteiger charge is -2.26. The van der Waals surface area contributed by atoms with Gasteiger partial charge in [-0.15, -0.1) is 13.2 Å². The van der Waals surface area contributed by atoms with Crippen molar-refractivity contribution in [2.24, 2.45) is 5.92 Å². The van der Waals surface area contributed by atoms with Crippen molar-refractivity contribution in [2.45, 2.75) is 32.2 Å². The molecule has 0 bridgehead atoms. The summed E-state index contributed by atoms with van der Waals surface area (Å²) in [7, 11) is 0. The fraction of sp³-hybridized carbons (Fsp3) is 0.368. The summed E-state index contributed by atoms with van der Waals surface area (Å²) in [6.45, 7) is 0.217. The molecule has 2 aromatic carbocycles. The number of hydrogen-bond donors (Lipinski definition) is 1. The number of benzene rings is 2. The molecule has 3 rings (SSSR count). The van der Waals surface area contributed by atoms with Gasteiger partial charge in [-0.1, -0.05) is 36.8 Å². The van der Waals surface area contributed by atoms with Crippen LogP contribution in [-0.4, -0.2) is 18.1 Å². The quantitative estimate of drug-likeness (QED) is 0.802. The standard InChI is InChI=1S/C19H19F3O3/c20-19(21,22)25-17-9-8-14(16-7-2-1-6-15(16)11-23)10-18(17)24-12-13-4-3-5-13/h1-2,6-10,13,23H,3-5,11-12H2. The highest BCUT2D eigenvalue weighted by molar-refractivity contribution is 5.70. The van der Waals surface area contributed by atoms with Crippen LogP contribution in [0.3, 0.4) is 0 Å². The van der Waals surface area contributed by atoms with E-state index in [1.807, 2.05) is 6.07 Å². The average molecular weight is 352 g/mol. The summed E-state index contributed by atoms with van der Waals surface area (Å²) in [5, 5.41) is 9.47. The zero-order valence-corrected chi connectivity index (χ0v) is 13.6. The molecule has 0 aliphatic heterocycles. The van der Waals surface area contributed by atoms with Gasteiger partial charge in [0.1, 0.15) is 0 Å². The number of aliphatic hydroxyl groups excluding tert-OH is 1. The second-order valence-corrected chi connectivity index (χ2v) is 6.13. The highest BCUT2D eigenvalue weighted by atomic mass is 19.4. The molecule has 0 spiro atoms. The van der Waals surface area contributed by atoms with Crippen LogP contribution in [0.1, 0.15) is 24.8 Å². The van der Waals surface area contributed by atoms with Crippen molar-refractivity contribution in [2.75, 3.05) is 6.61 Å². The van der Waals surface area contributed by atoms with Gasteiger partial charge in [-0.2, -0.15) is 0 Å². The van der Waals surface area contributed by atoms with Crippen LogP contribution in [0.5, 0.6) is 11.5 Å². The monoisotopic (exact) mass is 352 g/mol. The maximum atomic E-state index is 12.6. The van der Waals surface area contributed by atoms with Gasteiger partial charge in [0.15, 0.2) is 11.5 Å². The van der Waals surface area contributed by atoms with E-state index in [4.69, 9.17) is 4.74 Å². The Morgan fingerprint density at radius 2 is 1.80 bits per heavy atom. The first-order valence-electron chi connectivity index (χ1n) is 8.18. The number of hydrogen-bond acceptors (Lipinski definition) is 3. The molecule has 0 unspecified atom stereocenters. The van der Waals surface area contributed by atoms with Crippen LogP contribution < -0.4 is 9.47 Å². The van der Waals surface area contributed by atoms with Crippen molar-refractivity contribution < 1.29 is 27.8 Å². The molecular formula is C19H19F3O3. The van der Waals surface area contributed by atoms with Crippen LogP contribution in [0.15, 0.2) is 42.5 Å². The van der Waals surface area contributed by atoms with Gasteiger partial charge in [0.2, 0.25) is 0 Å². The minimum Gasteiger partial charge on any atom is -0.489 e. The van der Waals surface area contributed by atoms with Crippen LogP contribution in [0.25, 0.3) is 11.1 Å². The Balaban J connectivity index is 1.91. The molecule has 1 N–H and O–H groups in total. The fourth-order valence-corrected chi connectivity index (χ4v) is 2.80. The first-order valence-corrected chi connectivity index (χ1v) is 8.18. The van der Waals surface area contributed by atoms with Crippen LogP contribution in [-0.2, 0) is 6.61 Å². The summed E-state index contributed by atoms with van der Waals surface area (Å²) in [4.78, 5) is 0. The third-order valence-electron chi connectivity index (χ3n) is 4.37. The number of halogens is 3. The predicted octanol–water partition coefficient (Wildman–Crippen LogP) is 4.92. The van der Waals surface area contributed by atoms with E-state index in [0.29, 0.717) is 23.7 Å². The lowest BCUT2D eigenvalue weighted by Crippen LogP contribution is -2.21. The number of aliphatic hydroxyl groups is 1.